The van der Waals surface area contributed by atoms with Crippen molar-refractivity contribution in [1.29, 1.82) is 0 Å². The molecule has 0 heterocycles. The first-order valence-corrected chi connectivity index (χ1v) is 7.97. The number of hydrogen-bond donors (Lipinski definition) is 2. The second-order valence-corrected chi connectivity index (χ2v) is 6.24. The lowest BCUT2D eigenvalue weighted by Crippen LogP contribution is -2.22. The van der Waals surface area contributed by atoms with Crippen LogP contribution in [0.25, 0.3) is 0 Å². The van der Waals surface area contributed by atoms with Crippen molar-refractivity contribution in [3.05, 3.63) is 42.5 Å². The lowest BCUT2D eigenvalue weighted by molar-refractivity contribution is -0.115. The van der Waals surface area contributed by atoms with Gasteiger partial charge in [0.15, 0.2) is 0 Å². The Hall–Kier alpha value is -2.34. The third kappa shape index (κ3) is 4.32. The summed E-state index contributed by atoms with van der Waals surface area (Å²) >= 11 is 1.41. The first-order valence-electron chi connectivity index (χ1n) is 7.09. The van der Waals surface area contributed by atoms with E-state index >= 15 is 0 Å². The highest BCUT2D eigenvalue weighted by Crippen LogP contribution is 2.32. The Bertz CT molecular complexity index is 691. The van der Waals surface area contributed by atoms with Crippen molar-refractivity contribution in [2.75, 3.05) is 25.3 Å². The Kier molecular flexibility index (Phi) is 5.76. The number of para-hydroxylation sites is 1. The van der Waals surface area contributed by atoms with Crippen LogP contribution in [0.2, 0.25) is 0 Å². The van der Waals surface area contributed by atoms with Gasteiger partial charge in [-0.25, -0.2) is 0 Å². The van der Waals surface area contributed by atoms with Crippen LogP contribution in [0.3, 0.4) is 0 Å². The largest absolute Gasteiger partial charge is 0.497 e. The van der Waals surface area contributed by atoms with Gasteiger partial charge in [0.2, 0.25) is 5.91 Å². The van der Waals surface area contributed by atoms with Gasteiger partial charge in [-0.05, 0) is 31.2 Å². The van der Waals surface area contributed by atoms with Crippen LogP contribution >= 0.6 is 11.8 Å². The second-order valence-electron chi connectivity index (χ2n) is 4.85. The number of thioether (sulfide) groups is 1. The van der Waals surface area contributed by atoms with E-state index in [-0.39, 0.29) is 11.2 Å². The topological polar surface area (TPSA) is 73.6 Å². The number of nitrogens with two attached hydrogens (primary N) is 1. The number of methoxy groups -OCH3 is 2. The number of nitrogens with one attached hydrogen (secondary N) is 1. The van der Waals surface area contributed by atoms with Crippen molar-refractivity contribution in [2.45, 2.75) is 17.1 Å². The van der Waals surface area contributed by atoms with Gasteiger partial charge in [-0.15, -0.1) is 11.8 Å². The summed E-state index contributed by atoms with van der Waals surface area (Å²) in [5.41, 5.74) is 7.15. The van der Waals surface area contributed by atoms with E-state index in [2.05, 4.69) is 5.32 Å². The number of carbonyl (C=O) groups excluding carboxylic acids is 1. The van der Waals surface area contributed by atoms with Crippen molar-refractivity contribution in [2.24, 2.45) is 0 Å². The molecule has 0 aliphatic carbocycles. The highest BCUT2D eigenvalue weighted by Gasteiger charge is 2.17. The van der Waals surface area contributed by atoms with Gasteiger partial charge in [-0.3, -0.25) is 4.79 Å². The van der Waals surface area contributed by atoms with Gasteiger partial charge in [0.25, 0.3) is 0 Å². The van der Waals surface area contributed by atoms with Crippen molar-refractivity contribution in [3.8, 4) is 11.5 Å². The summed E-state index contributed by atoms with van der Waals surface area (Å²) in [5.74, 6) is 1.09. The van der Waals surface area contributed by atoms with E-state index in [4.69, 9.17) is 15.2 Å². The maximum atomic E-state index is 12.4. The van der Waals surface area contributed by atoms with Gasteiger partial charge in [0, 0.05) is 16.6 Å². The average molecular weight is 332 g/mol. The number of anilines is 2. The monoisotopic (exact) mass is 332 g/mol. The highest BCUT2D eigenvalue weighted by molar-refractivity contribution is 8.00. The van der Waals surface area contributed by atoms with Crippen molar-refractivity contribution in [1.82, 2.24) is 0 Å². The third-order valence-electron chi connectivity index (χ3n) is 3.26. The summed E-state index contributed by atoms with van der Waals surface area (Å²) in [4.78, 5) is 13.3. The van der Waals surface area contributed by atoms with Gasteiger partial charge >= 0.3 is 0 Å². The molecular formula is C17H20N2O3S. The fourth-order valence-electron chi connectivity index (χ4n) is 1.98. The van der Waals surface area contributed by atoms with Crippen LogP contribution in [-0.4, -0.2) is 25.4 Å². The molecule has 6 heteroatoms. The molecule has 1 unspecified atom stereocenters. The zero-order valence-electron chi connectivity index (χ0n) is 13.3. The molecule has 2 aromatic carbocycles. The molecule has 0 aliphatic rings. The minimum absolute atomic E-state index is 0.134. The van der Waals surface area contributed by atoms with Crippen LogP contribution < -0.4 is 20.5 Å². The van der Waals surface area contributed by atoms with Gasteiger partial charge in [-0.2, -0.15) is 0 Å². The number of benzene rings is 2. The minimum Gasteiger partial charge on any atom is -0.497 e. The van der Waals surface area contributed by atoms with E-state index in [0.717, 1.165) is 4.90 Å². The molecule has 3 N–H and O–H groups in total. The van der Waals surface area contributed by atoms with E-state index in [1.807, 2.05) is 31.2 Å². The van der Waals surface area contributed by atoms with E-state index in [9.17, 15) is 4.79 Å². The van der Waals surface area contributed by atoms with Gasteiger partial charge < -0.3 is 20.5 Å². The third-order valence-corrected chi connectivity index (χ3v) is 4.45. The molecule has 0 aromatic heterocycles. The predicted molar refractivity (Wildman–Crippen MR) is 94.3 cm³/mol. The molecule has 122 valence electrons. The summed E-state index contributed by atoms with van der Waals surface area (Å²) in [6.45, 7) is 1.83. The Labute approximate surface area is 140 Å². The highest BCUT2D eigenvalue weighted by atomic mass is 32.2. The zero-order valence-corrected chi connectivity index (χ0v) is 14.1. The van der Waals surface area contributed by atoms with E-state index in [1.54, 1.807) is 32.4 Å². The van der Waals surface area contributed by atoms with Gasteiger partial charge in [-0.1, -0.05) is 12.1 Å². The number of rotatable bonds is 6. The molecule has 2 aromatic rings. The summed E-state index contributed by atoms with van der Waals surface area (Å²) in [5, 5.41) is 2.56. The van der Waals surface area contributed by atoms with Crippen molar-refractivity contribution in [3.63, 3.8) is 0 Å². The molecule has 2 rings (SSSR count). The molecule has 1 amide bonds. The molecule has 0 fully saturated rings. The fourth-order valence-corrected chi connectivity index (χ4v) is 2.89. The van der Waals surface area contributed by atoms with E-state index in [0.29, 0.717) is 22.9 Å². The number of carbonyl (C=O) groups is 1. The molecule has 1 atom stereocenters. The molecule has 0 spiro atoms. The molecule has 0 aliphatic heterocycles. The van der Waals surface area contributed by atoms with Gasteiger partial charge in [0.05, 0.1) is 25.2 Å². The van der Waals surface area contributed by atoms with Gasteiger partial charge in [0.1, 0.15) is 11.5 Å². The first kappa shape index (κ1) is 17.0. The number of amides is 1. The van der Waals surface area contributed by atoms with Crippen LogP contribution in [0.1, 0.15) is 6.92 Å². The zero-order chi connectivity index (χ0) is 16.8. The van der Waals surface area contributed by atoms with Crippen LogP contribution in [-0.2, 0) is 4.79 Å². The molecule has 0 saturated carbocycles. The standard InChI is InChI=1S/C17H20N2O3S/c1-11(23-16-7-5-4-6-13(16)18)17(20)19-14-10-12(21-2)8-9-15(14)22-3/h4-11H,18H2,1-3H3,(H,19,20). The second kappa shape index (κ2) is 7.78. The lowest BCUT2D eigenvalue weighted by Gasteiger charge is -2.15. The number of nitrogen functional groups attached to an aromatic ring is 1. The summed E-state index contributed by atoms with van der Waals surface area (Å²) in [6, 6.07) is 12.7. The lowest BCUT2D eigenvalue weighted by atomic mass is 10.2. The summed E-state index contributed by atoms with van der Waals surface area (Å²) in [7, 11) is 3.13. The summed E-state index contributed by atoms with van der Waals surface area (Å²) in [6.07, 6.45) is 0. The molecule has 0 radical (unpaired) electrons. The molecule has 23 heavy (non-hydrogen) atoms. The van der Waals surface area contributed by atoms with Crippen LogP contribution in [0.5, 0.6) is 11.5 Å². The number of ether oxygens (including phenoxy) is 2. The van der Waals surface area contributed by atoms with Crippen molar-refractivity contribution >= 4 is 29.0 Å². The quantitative estimate of drug-likeness (QED) is 0.626. The predicted octanol–water partition coefficient (Wildman–Crippen LogP) is 3.41. The van der Waals surface area contributed by atoms with Crippen LogP contribution in [0.15, 0.2) is 47.4 Å². The smallest absolute Gasteiger partial charge is 0.237 e. The minimum atomic E-state index is -0.310. The molecule has 0 bridgehead atoms. The maximum Gasteiger partial charge on any atom is 0.237 e. The summed E-state index contributed by atoms with van der Waals surface area (Å²) < 4.78 is 10.4. The SMILES string of the molecule is COc1ccc(OC)c(NC(=O)C(C)Sc2ccccc2N)c1. The first-order chi connectivity index (χ1) is 11.0. The van der Waals surface area contributed by atoms with Crippen LogP contribution in [0.4, 0.5) is 11.4 Å². The number of hydrogen-bond acceptors (Lipinski definition) is 5. The Morgan fingerprint density at radius 1 is 1.17 bits per heavy atom. The normalized spacial score (nSPS) is 11.6. The van der Waals surface area contributed by atoms with Crippen molar-refractivity contribution < 1.29 is 14.3 Å². The van der Waals surface area contributed by atoms with E-state index < -0.39 is 0 Å². The van der Waals surface area contributed by atoms with Crippen LogP contribution in [0, 0.1) is 0 Å². The maximum absolute atomic E-state index is 12.4. The van der Waals surface area contributed by atoms with E-state index in [1.165, 1.54) is 11.8 Å². The molecule has 0 saturated heterocycles. The Morgan fingerprint density at radius 2 is 1.91 bits per heavy atom. The molecule has 5 nitrogen and oxygen atoms in total. The Balaban J connectivity index is 2.10. The Morgan fingerprint density at radius 3 is 2.57 bits per heavy atom. The average Bonchev–Trinajstić information content (AvgIpc) is 2.56. The molecular weight excluding hydrogens is 312 g/mol. The fraction of sp³-hybridized carbons (Fsp3) is 0.235.